The Bertz CT molecular complexity index is 182. The third-order valence-corrected chi connectivity index (χ3v) is 0.511. The number of halogens is 2. The van der Waals surface area contributed by atoms with E-state index in [1.54, 1.807) is 0 Å². The number of rotatable bonds is 0. The van der Waals surface area contributed by atoms with Crippen LogP contribution in [0.2, 0.25) is 0 Å². The van der Waals surface area contributed by atoms with E-state index in [9.17, 15) is 4.79 Å². The Morgan fingerprint density at radius 1 is 1.44 bits per heavy atom. The number of hydrogen-bond donors (Lipinski definition) is 0. The van der Waals surface area contributed by atoms with E-state index in [0.717, 1.165) is 6.20 Å². The predicted molar refractivity (Wildman–Crippen MR) is 37.3 cm³/mol. The van der Waals surface area contributed by atoms with E-state index in [1.165, 1.54) is 12.5 Å². The first-order valence-electron chi connectivity index (χ1n) is 1.78. The number of aromatic nitrogens is 1. The normalized spacial score (nSPS) is 6.67. The highest BCUT2D eigenvalue weighted by Gasteiger charge is 1.73. The molecule has 0 aliphatic rings. The molecule has 1 aromatic heterocycles. The predicted octanol–water partition coefficient (Wildman–Crippen LogP) is 0.878. The fourth-order valence-corrected chi connectivity index (χ4v) is 0.267. The molecule has 1 aromatic rings. The second-order valence-electron chi connectivity index (χ2n) is 1.00. The lowest BCUT2D eigenvalue weighted by molar-refractivity contribution is 0.502. The van der Waals surface area contributed by atoms with Gasteiger partial charge >= 0.3 is 5.63 Å². The minimum Gasteiger partial charge on any atom is -0.429 e. The second kappa shape index (κ2) is 5.59. The molecule has 1 rings (SSSR count). The fraction of sp³-hybridized carbons (Fsp3) is 0. The summed E-state index contributed by atoms with van der Waals surface area (Å²) in [6, 6.07) is 0. The van der Waals surface area contributed by atoms with E-state index in [-0.39, 0.29) is 24.8 Å². The van der Waals surface area contributed by atoms with Gasteiger partial charge in [-0.1, -0.05) is 0 Å². The Morgan fingerprint density at radius 2 is 2.11 bits per heavy atom. The minimum atomic E-state index is -0.414. The van der Waals surface area contributed by atoms with Crippen LogP contribution in [0, 0.1) is 0 Å². The van der Waals surface area contributed by atoms with Gasteiger partial charge < -0.3 is 4.42 Å². The van der Waals surface area contributed by atoms with Gasteiger partial charge in [0.15, 0.2) is 0 Å². The molecule has 0 saturated heterocycles. The van der Waals surface area contributed by atoms with Crippen molar-refractivity contribution >= 4 is 24.8 Å². The second-order valence-corrected chi connectivity index (χ2v) is 1.00. The average Bonchev–Trinajstić information content (AvgIpc) is 1.69. The van der Waals surface area contributed by atoms with Crippen LogP contribution in [-0.2, 0) is 0 Å². The van der Waals surface area contributed by atoms with Crippen molar-refractivity contribution in [3.63, 3.8) is 0 Å². The van der Waals surface area contributed by atoms with Crippen LogP contribution in [0.1, 0.15) is 0 Å². The lowest BCUT2D eigenvalue weighted by Crippen LogP contribution is -1.93. The zero-order chi connectivity index (χ0) is 5.11. The van der Waals surface area contributed by atoms with Crippen molar-refractivity contribution < 1.29 is 4.42 Å². The highest BCUT2D eigenvalue weighted by molar-refractivity contribution is 5.85. The molecular weight excluding hydrogens is 165 g/mol. The number of nitrogens with zero attached hydrogens (tertiary/aromatic N) is 1. The molecule has 52 valence electrons. The van der Waals surface area contributed by atoms with Gasteiger partial charge in [-0.2, -0.15) is 0 Å². The molecule has 0 atom stereocenters. The van der Waals surface area contributed by atoms with Crippen molar-refractivity contribution in [1.29, 1.82) is 0 Å². The summed E-state index contributed by atoms with van der Waals surface area (Å²) in [5.41, 5.74) is -0.414. The van der Waals surface area contributed by atoms with Crippen molar-refractivity contribution in [2.75, 3.05) is 0 Å². The Kier molecular flexibility index (Phi) is 7.01. The number of hydrogen-bond acceptors (Lipinski definition) is 3. The van der Waals surface area contributed by atoms with E-state index in [1.807, 2.05) is 0 Å². The van der Waals surface area contributed by atoms with Gasteiger partial charge in [-0.3, -0.25) is 4.98 Å². The molecule has 3 nitrogen and oxygen atoms in total. The van der Waals surface area contributed by atoms with Crippen molar-refractivity contribution in [2.45, 2.75) is 0 Å². The summed E-state index contributed by atoms with van der Waals surface area (Å²) in [6.45, 7) is 0. The van der Waals surface area contributed by atoms with Gasteiger partial charge in [-0.25, -0.2) is 4.79 Å². The summed E-state index contributed by atoms with van der Waals surface area (Å²) in [7, 11) is 0. The molecular formula is C4H5Cl2NO2. The molecule has 0 unspecified atom stereocenters. The average molecular weight is 170 g/mol. The van der Waals surface area contributed by atoms with Gasteiger partial charge in [0.25, 0.3) is 0 Å². The van der Waals surface area contributed by atoms with Crippen LogP contribution in [-0.4, -0.2) is 4.98 Å². The molecule has 0 radical (unpaired) electrons. The van der Waals surface area contributed by atoms with Crippen LogP contribution >= 0.6 is 24.8 Å². The largest absolute Gasteiger partial charge is 0.429 e. The Morgan fingerprint density at radius 3 is 2.33 bits per heavy atom. The van der Waals surface area contributed by atoms with E-state index in [2.05, 4.69) is 9.40 Å². The highest BCUT2D eigenvalue weighted by atomic mass is 35.5. The molecule has 0 aliphatic carbocycles. The van der Waals surface area contributed by atoms with Crippen molar-refractivity contribution in [3.8, 4) is 0 Å². The van der Waals surface area contributed by atoms with Crippen LogP contribution in [0.25, 0.3) is 0 Å². The Labute approximate surface area is 63.9 Å². The first-order chi connectivity index (χ1) is 3.39. The summed E-state index contributed by atoms with van der Waals surface area (Å²) in [5, 5.41) is 0. The molecule has 0 saturated carbocycles. The summed E-state index contributed by atoms with van der Waals surface area (Å²) in [5.74, 6) is 0. The quantitative estimate of drug-likeness (QED) is 0.580. The first-order valence-corrected chi connectivity index (χ1v) is 1.78. The third kappa shape index (κ3) is 4.00. The van der Waals surface area contributed by atoms with Gasteiger partial charge in [-0.15, -0.1) is 24.8 Å². The third-order valence-electron chi connectivity index (χ3n) is 0.511. The summed E-state index contributed by atoms with van der Waals surface area (Å²) in [6.07, 6.45) is 3.75. The lowest BCUT2D eigenvalue weighted by Gasteiger charge is -1.72. The molecule has 9 heavy (non-hydrogen) atoms. The van der Waals surface area contributed by atoms with E-state index >= 15 is 0 Å². The van der Waals surface area contributed by atoms with Gasteiger partial charge in [0.1, 0.15) is 12.5 Å². The minimum absolute atomic E-state index is 0. The van der Waals surface area contributed by atoms with Crippen LogP contribution in [0.3, 0.4) is 0 Å². The molecule has 0 aromatic carbocycles. The van der Waals surface area contributed by atoms with Crippen LogP contribution in [0.4, 0.5) is 0 Å². The topological polar surface area (TPSA) is 43.1 Å². The van der Waals surface area contributed by atoms with Crippen LogP contribution in [0.5, 0.6) is 0 Å². The Balaban J connectivity index is 0. The summed E-state index contributed by atoms with van der Waals surface area (Å²) in [4.78, 5) is 13.5. The van der Waals surface area contributed by atoms with Gasteiger partial charge in [0, 0.05) is 0 Å². The lowest BCUT2D eigenvalue weighted by atomic mass is 10.8. The standard InChI is InChI=1S/C4H3NO2.2ClH/c6-4-3-5-1-2-7-4;;/h1-3H;2*1H. The van der Waals surface area contributed by atoms with E-state index in [0.29, 0.717) is 0 Å². The molecule has 0 N–H and O–H groups in total. The summed E-state index contributed by atoms with van der Waals surface area (Å²) < 4.78 is 4.31. The first kappa shape index (κ1) is 11.3. The zero-order valence-corrected chi connectivity index (χ0v) is 5.95. The van der Waals surface area contributed by atoms with Crippen molar-refractivity contribution in [2.24, 2.45) is 0 Å². The van der Waals surface area contributed by atoms with Crippen molar-refractivity contribution in [1.82, 2.24) is 4.98 Å². The molecule has 5 heteroatoms. The maximum Gasteiger partial charge on any atom is 0.354 e. The monoisotopic (exact) mass is 169 g/mol. The maximum absolute atomic E-state index is 10.0. The highest BCUT2D eigenvalue weighted by Crippen LogP contribution is 1.64. The van der Waals surface area contributed by atoms with Gasteiger partial charge in [0.05, 0.1) is 6.20 Å². The Hall–Kier alpha value is -0.540. The molecule has 0 aliphatic heterocycles. The fourth-order valence-electron chi connectivity index (χ4n) is 0.267. The maximum atomic E-state index is 10.0. The molecule has 0 bridgehead atoms. The van der Waals surface area contributed by atoms with Gasteiger partial charge in [0.2, 0.25) is 0 Å². The van der Waals surface area contributed by atoms with Crippen molar-refractivity contribution in [3.05, 3.63) is 29.1 Å². The van der Waals surface area contributed by atoms with Crippen LogP contribution < -0.4 is 5.63 Å². The van der Waals surface area contributed by atoms with E-state index in [4.69, 9.17) is 0 Å². The molecule has 0 amide bonds. The molecule has 1 heterocycles. The van der Waals surface area contributed by atoms with Gasteiger partial charge in [-0.05, 0) is 0 Å². The zero-order valence-electron chi connectivity index (χ0n) is 4.31. The SMILES string of the molecule is Cl.Cl.O=c1cncco1. The smallest absolute Gasteiger partial charge is 0.354 e. The molecule has 0 fully saturated rings. The van der Waals surface area contributed by atoms with Crippen LogP contribution in [0.15, 0.2) is 27.9 Å². The summed E-state index contributed by atoms with van der Waals surface area (Å²) >= 11 is 0. The molecule has 0 spiro atoms. The van der Waals surface area contributed by atoms with E-state index < -0.39 is 5.63 Å².